The third kappa shape index (κ3) is 2.11. The zero-order chi connectivity index (χ0) is 10.8. The van der Waals surface area contributed by atoms with Crippen LogP contribution in [0.25, 0.3) is 0 Å². The van der Waals surface area contributed by atoms with Crippen molar-refractivity contribution in [1.29, 1.82) is 0 Å². The van der Waals surface area contributed by atoms with Gasteiger partial charge < -0.3 is 10.1 Å². The highest BCUT2D eigenvalue weighted by Crippen LogP contribution is 2.38. The maximum Gasteiger partial charge on any atom is 0.0621 e. The van der Waals surface area contributed by atoms with Crippen molar-refractivity contribution in [1.82, 2.24) is 10.3 Å². The van der Waals surface area contributed by atoms with Gasteiger partial charge >= 0.3 is 0 Å². The zero-order valence-corrected chi connectivity index (χ0v) is 9.43. The second kappa shape index (κ2) is 4.52. The van der Waals surface area contributed by atoms with E-state index >= 15 is 0 Å². The van der Waals surface area contributed by atoms with Gasteiger partial charge in [-0.1, -0.05) is 6.07 Å². The smallest absolute Gasteiger partial charge is 0.0621 e. The average molecular weight is 218 g/mol. The Labute approximate surface area is 96.2 Å². The predicted molar refractivity (Wildman–Crippen MR) is 61.9 cm³/mol. The summed E-state index contributed by atoms with van der Waals surface area (Å²) in [6, 6.07) is 6.04. The number of pyridine rings is 1. The molecule has 0 radical (unpaired) electrons. The molecule has 3 unspecified atom stereocenters. The Morgan fingerprint density at radius 1 is 1.38 bits per heavy atom. The van der Waals surface area contributed by atoms with E-state index in [-0.39, 0.29) is 0 Å². The van der Waals surface area contributed by atoms with E-state index in [4.69, 9.17) is 4.74 Å². The Bertz CT molecular complexity index is 341. The largest absolute Gasteiger partial charge is 0.375 e. The van der Waals surface area contributed by atoms with Crippen LogP contribution in [0.1, 0.15) is 25.0 Å². The lowest BCUT2D eigenvalue weighted by atomic mass is 9.89. The standard InChI is InChI=1S/C13H18N2O/c1-2-6-15-11(3-1)9-14-8-10-7-12-4-5-13(10)16-12/h1-3,6,10,12-14H,4-5,7-9H2. The van der Waals surface area contributed by atoms with E-state index in [1.807, 2.05) is 18.3 Å². The fourth-order valence-electron chi connectivity index (χ4n) is 2.85. The number of hydrogen-bond acceptors (Lipinski definition) is 3. The molecule has 0 spiro atoms. The summed E-state index contributed by atoms with van der Waals surface area (Å²) < 4.78 is 5.83. The third-order valence-electron chi connectivity index (χ3n) is 3.67. The van der Waals surface area contributed by atoms with Crippen molar-refractivity contribution in [3.63, 3.8) is 0 Å². The first-order valence-corrected chi connectivity index (χ1v) is 6.18. The van der Waals surface area contributed by atoms with Crippen molar-refractivity contribution in [2.45, 2.75) is 38.0 Å². The Hall–Kier alpha value is -0.930. The fourth-order valence-corrected chi connectivity index (χ4v) is 2.85. The van der Waals surface area contributed by atoms with Gasteiger partial charge in [-0.05, 0) is 31.4 Å². The summed E-state index contributed by atoms with van der Waals surface area (Å²) in [7, 11) is 0. The van der Waals surface area contributed by atoms with Crippen LogP contribution in [-0.4, -0.2) is 23.7 Å². The number of rotatable bonds is 4. The summed E-state index contributed by atoms with van der Waals surface area (Å²) in [5.74, 6) is 0.725. The number of ether oxygens (including phenoxy) is 1. The quantitative estimate of drug-likeness (QED) is 0.836. The molecule has 0 aliphatic carbocycles. The number of hydrogen-bond donors (Lipinski definition) is 1. The lowest BCUT2D eigenvalue weighted by Crippen LogP contribution is -2.29. The van der Waals surface area contributed by atoms with E-state index in [2.05, 4.69) is 16.4 Å². The van der Waals surface area contributed by atoms with E-state index in [9.17, 15) is 0 Å². The first-order chi connectivity index (χ1) is 7.92. The van der Waals surface area contributed by atoms with Gasteiger partial charge in [-0.3, -0.25) is 4.98 Å². The molecule has 2 aliphatic rings. The first kappa shape index (κ1) is 10.2. The van der Waals surface area contributed by atoms with E-state index in [1.54, 1.807) is 0 Å². The second-order valence-electron chi connectivity index (χ2n) is 4.82. The van der Waals surface area contributed by atoms with Gasteiger partial charge in [-0.15, -0.1) is 0 Å². The van der Waals surface area contributed by atoms with Crippen molar-refractivity contribution in [3.8, 4) is 0 Å². The molecule has 3 rings (SSSR count). The summed E-state index contributed by atoms with van der Waals surface area (Å²) in [5, 5.41) is 3.49. The van der Waals surface area contributed by atoms with Gasteiger partial charge in [0.25, 0.3) is 0 Å². The van der Waals surface area contributed by atoms with Crippen LogP contribution in [-0.2, 0) is 11.3 Å². The Balaban J connectivity index is 1.44. The van der Waals surface area contributed by atoms with Crippen LogP contribution in [0.5, 0.6) is 0 Å². The van der Waals surface area contributed by atoms with Crippen LogP contribution < -0.4 is 5.32 Å². The maximum absolute atomic E-state index is 5.83. The molecule has 2 bridgehead atoms. The van der Waals surface area contributed by atoms with Gasteiger partial charge in [-0.2, -0.15) is 0 Å². The normalized spacial score (nSPS) is 32.1. The molecule has 2 fully saturated rings. The summed E-state index contributed by atoms with van der Waals surface area (Å²) in [6.45, 7) is 1.94. The Morgan fingerprint density at radius 3 is 3.06 bits per heavy atom. The Kier molecular flexibility index (Phi) is 2.89. The van der Waals surface area contributed by atoms with Gasteiger partial charge in [-0.25, -0.2) is 0 Å². The maximum atomic E-state index is 5.83. The highest BCUT2D eigenvalue weighted by Gasteiger charge is 2.40. The lowest BCUT2D eigenvalue weighted by molar-refractivity contribution is 0.0923. The molecule has 16 heavy (non-hydrogen) atoms. The topological polar surface area (TPSA) is 34.1 Å². The van der Waals surface area contributed by atoms with Crippen molar-refractivity contribution >= 4 is 0 Å². The van der Waals surface area contributed by atoms with E-state index < -0.39 is 0 Å². The number of nitrogens with zero attached hydrogens (tertiary/aromatic N) is 1. The molecule has 1 aromatic heterocycles. The molecule has 86 valence electrons. The molecule has 3 nitrogen and oxygen atoms in total. The van der Waals surface area contributed by atoms with E-state index in [1.165, 1.54) is 19.3 Å². The summed E-state index contributed by atoms with van der Waals surface area (Å²) >= 11 is 0. The van der Waals surface area contributed by atoms with Gasteiger partial charge in [0.1, 0.15) is 0 Å². The molecule has 3 heterocycles. The highest BCUT2D eigenvalue weighted by atomic mass is 16.5. The average Bonchev–Trinajstić information content (AvgIpc) is 2.92. The van der Waals surface area contributed by atoms with Crippen LogP contribution in [0.4, 0.5) is 0 Å². The van der Waals surface area contributed by atoms with Crippen LogP contribution >= 0.6 is 0 Å². The molecule has 0 saturated carbocycles. The molecule has 2 saturated heterocycles. The molecular weight excluding hydrogens is 200 g/mol. The van der Waals surface area contributed by atoms with Crippen molar-refractivity contribution in [2.24, 2.45) is 5.92 Å². The summed E-state index contributed by atoms with van der Waals surface area (Å²) in [6.07, 6.45) is 6.73. The van der Waals surface area contributed by atoms with E-state index in [0.717, 1.165) is 24.7 Å². The van der Waals surface area contributed by atoms with Crippen molar-refractivity contribution in [3.05, 3.63) is 30.1 Å². The zero-order valence-electron chi connectivity index (χ0n) is 9.43. The minimum Gasteiger partial charge on any atom is -0.375 e. The molecule has 3 atom stereocenters. The number of fused-ring (bicyclic) bond motifs is 2. The molecule has 2 aliphatic heterocycles. The van der Waals surface area contributed by atoms with Crippen LogP contribution in [0, 0.1) is 5.92 Å². The SMILES string of the molecule is c1ccc(CNCC2CC3CCC2O3)nc1. The summed E-state index contributed by atoms with van der Waals surface area (Å²) in [4.78, 5) is 4.30. The van der Waals surface area contributed by atoms with Crippen LogP contribution in [0.15, 0.2) is 24.4 Å². The minimum atomic E-state index is 0.529. The monoisotopic (exact) mass is 218 g/mol. The van der Waals surface area contributed by atoms with Crippen LogP contribution in [0.3, 0.4) is 0 Å². The Morgan fingerprint density at radius 2 is 2.38 bits per heavy atom. The third-order valence-corrected chi connectivity index (χ3v) is 3.67. The van der Waals surface area contributed by atoms with Crippen molar-refractivity contribution < 1.29 is 4.74 Å². The molecule has 0 amide bonds. The predicted octanol–water partition coefficient (Wildman–Crippen LogP) is 1.74. The molecule has 3 heteroatoms. The van der Waals surface area contributed by atoms with Gasteiger partial charge in [0.05, 0.1) is 17.9 Å². The molecular formula is C13H18N2O. The van der Waals surface area contributed by atoms with Gasteiger partial charge in [0, 0.05) is 25.2 Å². The molecule has 1 aromatic rings. The second-order valence-corrected chi connectivity index (χ2v) is 4.82. The minimum absolute atomic E-state index is 0.529. The van der Waals surface area contributed by atoms with Crippen molar-refractivity contribution in [2.75, 3.05) is 6.54 Å². The highest BCUT2D eigenvalue weighted by molar-refractivity contribution is 5.03. The lowest BCUT2D eigenvalue weighted by Gasteiger charge is -2.18. The fraction of sp³-hybridized carbons (Fsp3) is 0.615. The van der Waals surface area contributed by atoms with Gasteiger partial charge in [0.2, 0.25) is 0 Å². The number of aromatic nitrogens is 1. The summed E-state index contributed by atoms with van der Waals surface area (Å²) in [5.41, 5.74) is 1.12. The van der Waals surface area contributed by atoms with E-state index in [0.29, 0.717) is 12.2 Å². The first-order valence-electron chi connectivity index (χ1n) is 6.18. The van der Waals surface area contributed by atoms with Crippen LogP contribution in [0.2, 0.25) is 0 Å². The number of nitrogens with one attached hydrogen (secondary N) is 1. The molecule has 0 aromatic carbocycles. The molecule has 1 N–H and O–H groups in total. The van der Waals surface area contributed by atoms with Gasteiger partial charge in [0.15, 0.2) is 0 Å².